The second-order valence-electron chi connectivity index (χ2n) is 8.83. The van der Waals surface area contributed by atoms with Crippen molar-refractivity contribution < 1.29 is 23.1 Å². The average Bonchev–Trinajstić information content (AvgIpc) is 3.35. The minimum Gasteiger partial charge on any atom is -0.381 e. The van der Waals surface area contributed by atoms with Crippen LogP contribution in [0, 0.1) is 6.92 Å². The van der Waals surface area contributed by atoms with Crippen molar-refractivity contribution in [3.05, 3.63) is 105 Å². The number of hydrogen-bond donors (Lipinski definition) is 4. The summed E-state index contributed by atoms with van der Waals surface area (Å²) in [4.78, 5) is 26.9. The van der Waals surface area contributed by atoms with Crippen LogP contribution in [0.1, 0.15) is 31.8 Å². The number of aliphatic hydroxyl groups is 1. The Hall–Kier alpha value is -3.90. The average molecular weight is 583 g/mol. The molecule has 39 heavy (non-hydrogen) atoms. The van der Waals surface area contributed by atoms with E-state index in [2.05, 4.69) is 10.6 Å². The van der Waals surface area contributed by atoms with Gasteiger partial charge in [0.05, 0.1) is 15.6 Å². The highest BCUT2D eigenvalue weighted by Gasteiger charge is 2.32. The van der Waals surface area contributed by atoms with Gasteiger partial charge in [0.2, 0.25) is 6.35 Å². The molecule has 0 fully saturated rings. The normalized spacial score (nSPS) is 14.9. The van der Waals surface area contributed by atoms with Crippen LogP contribution >= 0.6 is 22.9 Å². The van der Waals surface area contributed by atoms with Gasteiger partial charge >= 0.3 is 0 Å². The van der Waals surface area contributed by atoms with Crippen molar-refractivity contribution in [2.45, 2.75) is 24.0 Å². The van der Waals surface area contributed by atoms with Crippen molar-refractivity contribution in [2.24, 2.45) is 0 Å². The van der Waals surface area contributed by atoms with Crippen LogP contribution in [-0.2, 0) is 16.6 Å². The molecule has 0 saturated carbocycles. The number of aryl methyl sites for hydroxylation is 1. The summed E-state index contributed by atoms with van der Waals surface area (Å²) >= 11 is 6.63. The number of anilines is 3. The first-order valence-electron chi connectivity index (χ1n) is 11.7. The van der Waals surface area contributed by atoms with Crippen LogP contribution in [0.3, 0.4) is 0 Å². The van der Waals surface area contributed by atoms with Crippen LogP contribution in [-0.4, -0.2) is 31.7 Å². The lowest BCUT2D eigenvalue weighted by molar-refractivity contribution is 0.0900. The minimum atomic E-state index is -4.08. The summed E-state index contributed by atoms with van der Waals surface area (Å²) in [6, 6.07) is 21.8. The van der Waals surface area contributed by atoms with Crippen molar-refractivity contribution in [3.63, 3.8) is 0 Å². The fourth-order valence-electron chi connectivity index (χ4n) is 4.02. The molecule has 0 spiro atoms. The van der Waals surface area contributed by atoms with Crippen LogP contribution in [0.25, 0.3) is 0 Å². The molecular formula is C27H23ClN4O5S2. The largest absolute Gasteiger partial charge is 0.381 e. The Kier molecular flexibility index (Phi) is 7.32. The molecule has 9 nitrogen and oxygen atoms in total. The van der Waals surface area contributed by atoms with E-state index < -0.39 is 28.2 Å². The molecule has 0 bridgehead atoms. The van der Waals surface area contributed by atoms with E-state index in [1.807, 2.05) is 35.9 Å². The van der Waals surface area contributed by atoms with Gasteiger partial charge in [-0.15, -0.1) is 11.3 Å². The predicted molar refractivity (Wildman–Crippen MR) is 152 cm³/mol. The molecule has 0 saturated heterocycles. The van der Waals surface area contributed by atoms with Crippen molar-refractivity contribution in [2.75, 3.05) is 15.5 Å². The quantitative estimate of drug-likeness (QED) is 0.247. The summed E-state index contributed by atoms with van der Waals surface area (Å²) in [7, 11) is -4.08. The van der Waals surface area contributed by atoms with Crippen LogP contribution < -0.4 is 20.3 Å². The van der Waals surface area contributed by atoms with Crippen molar-refractivity contribution >= 4 is 61.8 Å². The standard InChI is InChI=1S/C27H23ClN4O5S2/c1-16-2-4-17(5-3-16)15-29-19-8-11-21-22(14-19)30-27(35)32(26(21)34)20-9-6-18(7-10-20)25(33)31-39(36,37)24-13-12-23(28)38-24/h2-14,27,29-30,35H,15H2,1H3,(H,31,33). The SMILES string of the molecule is Cc1ccc(CNc2ccc3c(c2)NC(O)N(c2ccc(C(=O)NS(=O)(=O)c4ccc(Cl)s4)cc2)C3=O)cc1. The molecule has 2 amide bonds. The van der Waals surface area contributed by atoms with E-state index in [4.69, 9.17) is 11.6 Å². The Morgan fingerprint density at radius 1 is 1.05 bits per heavy atom. The molecule has 0 aliphatic carbocycles. The smallest absolute Gasteiger partial charge is 0.273 e. The van der Waals surface area contributed by atoms with E-state index in [9.17, 15) is 23.1 Å². The summed E-state index contributed by atoms with van der Waals surface area (Å²) in [5.41, 5.74) is 4.29. The second kappa shape index (κ2) is 10.7. The minimum absolute atomic E-state index is 0.0570. The number of thiophene rings is 1. The van der Waals surface area contributed by atoms with Gasteiger partial charge in [0.15, 0.2) is 0 Å². The molecule has 1 aliphatic rings. The molecule has 0 radical (unpaired) electrons. The van der Waals surface area contributed by atoms with Gasteiger partial charge in [-0.3, -0.25) is 14.5 Å². The van der Waals surface area contributed by atoms with Gasteiger partial charge in [0, 0.05) is 23.5 Å². The van der Waals surface area contributed by atoms with E-state index in [1.165, 1.54) is 42.0 Å². The molecule has 1 atom stereocenters. The van der Waals surface area contributed by atoms with Crippen LogP contribution in [0.5, 0.6) is 0 Å². The molecular weight excluding hydrogens is 560 g/mol. The highest BCUT2D eigenvalue weighted by molar-refractivity contribution is 7.92. The third-order valence-corrected chi connectivity index (χ3v) is 9.12. The van der Waals surface area contributed by atoms with Gasteiger partial charge in [-0.05, 0) is 67.1 Å². The summed E-state index contributed by atoms with van der Waals surface area (Å²) in [6.45, 7) is 2.63. The zero-order chi connectivity index (χ0) is 27.7. The Labute approximate surface area is 234 Å². The Balaban J connectivity index is 1.28. The van der Waals surface area contributed by atoms with E-state index >= 15 is 0 Å². The number of fused-ring (bicyclic) bond motifs is 1. The molecule has 200 valence electrons. The first-order valence-corrected chi connectivity index (χ1v) is 14.4. The maximum Gasteiger partial charge on any atom is 0.273 e. The summed E-state index contributed by atoms with van der Waals surface area (Å²) in [6.07, 6.45) is -1.36. The molecule has 5 rings (SSSR count). The Morgan fingerprint density at radius 2 is 1.77 bits per heavy atom. The first-order chi connectivity index (χ1) is 18.6. The Bertz CT molecular complexity index is 1650. The highest BCUT2D eigenvalue weighted by atomic mass is 35.5. The summed E-state index contributed by atoms with van der Waals surface area (Å²) < 4.78 is 27.0. The Morgan fingerprint density at radius 3 is 2.44 bits per heavy atom. The lowest BCUT2D eigenvalue weighted by Gasteiger charge is -2.34. The van der Waals surface area contributed by atoms with E-state index in [0.717, 1.165) is 27.5 Å². The topological polar surface area (TPSA) is 128 Å². The maximum atomic E-state index is 13.3. The highest BCUT2D eigenvalue weighted by Crippen LogP contribution is 2.31. The first kappa shape index (κ1) is 26.7. The van der Waals surface area contributed by atoms with E-state index in [1.54, 1.807) is 18.2 Å². The van der Waals surface area contributed by atoms with Gasteiger partial charge < -0.3 is 15.7 Å². The molecule has 1 unspecified atom stereocenters. The van der Waals surface area contributed by atoms with Crippen molar-refractivity contribution in [1.82, 2.24) is 4.72 Å². The number of nitrogens with one attached hydrogen (secondary N) is 3. The van der Waals surface area contributed by atoms with Crippen LogP contribution in [0.4, 0.5) is 17.1 Å². The number of hydrogen-bond acceptors (Lipinski definition) is 8. The number of halogens is 1. The van der Waals surface area contributed by atoms with E-state index in [-0.39, 0.29) is 14.1 Å². The predicted octanol–water partition coefficient (Wildman–Crippen LogP) is 4.79. The summed E-state index contributed by atoms with van der Waals surface area (Å²) in [5, 5.41) is 17.0. The summed E-state index contributed by atoms with van der Waals surface area (Å²) in [5.74, 6) is -1.28. The van der Waals surface area contributed by atoms with Crippen molar-refractivity contribution in [1.29, 1.82) is 0 Å². The molecule has 3 aromatic carbocycles. The third-order valence-electron chi connectivity index (χ3n) is 6.06. The molecule has 4 aromatic rings. The van der Waals surface area contributed by atoms with Gasteiger partial charge in [0.1, 0.15) is 4.21 Å². The third kappa shape index (κ3) is 5.76. The number of carbonyl (C=O) groups excluding carboxylic acids is 2. The number of nitrogens with zero attached hydrogens (tertiary/aromatic N) is 1. The lowest BCUT2D eigenvalue weighted by atomic mass is 10.1. The lowest BCUT2D eigenvalue weighted by Crippen LogP contribution is -2.49. The van der Waals surface area contributed by atoms with Crippen LogP contribution in [0.2, 0.25) is 4.34 Å². The maximum absolute atomic E-state index is 13.3. The van der Waals surface area contributed by atoms with Crippen molar-refractivity contribution in [3.8, 4) is 0 Å². The number of benzene rings is 3. The fourth-order valence-corrected chi connectivity index (χ4v) is 6.48. The number of aliphatic hydroxyl groups excluding tert-OH is 1. The molecule has 1 aliphatic heterocycles. The molecule has 4 N–H and O–H groups in total. The van der Waals surface area contributed by atoms with E-state index in [0.29, 0.717) is 23.5 Å². The molecule has 2 heterocycles. The number of amides is 2. The van der Waals surface area contributed by atoms with Crippen LogP contribution in [0.15, 0.2) is 83.1 Å². The second-order valence-corrected chi connectivity index (χ2v) is 12.5. The zero-order valence-electron chi connectivity index (χ0n) is 20.5. The fraction of sp³-hybridized carbons (Fsp3) is 0.111. The number of carbonyl (C=O) groups is 2. The van der Waals surface area contributed by atoms with Gasteiger partial charge in [0.25, 0.3) is 21.8 Å². The number of rotatable bonds is 7. The molecule has 1 aromatic heterocycles. The molecule has 12 heteroatoms. The van der Waals surface area contributed by atoms with Gasteiger partial charge in [-0.2, -0.15) is 0 Å². The monoisotopic (exact) mass is 582 g/mol. The number of sulfonamides is 1. The zero-order valence-corrected chi connectivity index (χ0v) is 22.9. The van der Waals surface area contributed by atoms with Gasteiger partial charge in [-0.1, -0.05) is 41.4 Å². The van der Waals surface area contributed by atoms with Gasteiger partial charge in [-0.25, -0.2) is 13.1 Å².